The maximum absolute atomic E-state index is 12.6. The molecule has 5 nitrogen and oxygen atoms in total. The molecule has 0 aliphatic heterocycles. The summed E-state index contributed by atoms with van der Waals surface area (Å²) in [5.41, 5.74) is 1.18. The van der Waals surface area contributed by atoms with Crippen LogP contribution in [0, 0.1) is 6.92 Å². The number of rotatable bonds is 5. The van der Waals surface area contributed by atoms with E-state index in [1.54, 1.807) is 14.2 Å². The van der Waals surface area contributed by atoms with E-state index in [4.69, 9.17) is 4.74 Å². The third-order valence-corrected chi connectivity index (χ3v) is 4.53. The number of aromatic nitrogens is 1. The van der Waals surface area contributed by atoms with Crippen LogP contribution in [0.1, 0.15) is 34.8 Å². The predicted molar refractivity (Wildman–Crippen MR) is 112 cm³/mol. The van der Waals surface area contributed by atoms with Gasteiger partial charge in [-0.2, -0.15) is 13.2 Å². The van der Waals surface area contributed by atoms with Crippen molar-refractivity contribution >= 4 is 41.3 Å². The minimum atomic E-state index is -4.43. The third-order valence-electron chi connectivity index (χ3n) is 3.68. The molecule has 1 atom stereocenters. The molecule has 27 heavy (non-hydrogen) atoms. The number of aryl methyl sites for hydroxylation is 1. The SMILES string of the molecule is CN=C(NCc1nc(C(F)(F)F)cs1)NC(C)c1cc(C)ccc1OC.I. The average Bonchev–Trinajstić information content (AvgIpc) is 3.07. The number of ether oxygens (including phenoxy) is 1. The molecule has 0 saturated heterocycles. The number of hydrogen-bond donors (Lipinski definition) is 2. The first-order chi connectivity index (χ1) is 12.2. The van der Waals surface area contributed by atoms with E-state index < -0.39 is 11.9 Å². The van der Waals surface area contributed by atoms with E-state index in [2.05, 4.69) is 20.6 Å². The van der Waals surface area contributed by atoms with Gasteiger partial charge in [-0.3, -0.25) is 4.99 Å². The highest BCUT2D eigenvalue weighted by molar-refractivity contribution is 14.0. The van der Waals surface area contributed by atoms with Crippen LogP contribution >= 0.6 is 35.3 Å². The van der Waals surface area contributed by atoms with Crippen molar-refractivity contribution in [1.29, 1.82) is 0 Å². The number of benzene rings is 1. The van der Waals surface area contributed by atoms with Crippen LogP contribution in [0.25, 0.3) is 0 Å². The van der Waals surface area contributed by atoms with Crippen LogP contribution in [0.15, 0.2) is 28.6 Å². The Morgan fingerprint density at radius 1 is 1.37 bits per heavy atom. The van der Waals surface area contributed by atoms with Crippen LogP contribution in [0.3, 0.4) is 0 Å². The molecule has 0 fully saturated rings. The van der Waals surface area contributed by atoms with E-state index in [-0.39, 0.29) is 36.6 Å². The lowest BCUT2D eigenvalue weighted by molar-refractivity contribution is -0.140. The van der Waals surface area contributed by atoms with Crippen LogP contribution in [-0.2, 0) is 12.7 Å². The first-order valence-electron chi connectivity index (χ1n) is 7.88. The number of nitrogens with one attached hydrogen (secondary N) is 2. The second-order valence-electron chi connectivity index (χ2n) is 5.66. The Labute approximate surface area is 177 Å². The fourth-order valence-electron chi connectivity index (χ4n) is 2.35. The molecular formula is C17H22F3IN4OS. The molecule has 0 aliphatic rings. The van der Waals surface area contributed by atoms with Crippen LogP contribution in [0.5, 0.6) is 5.75 Å². The highest BCUT2D eigenvalue weighted by Crippen LogP contribution is 2.30. The highest BCUT2D eigenvalue weighted by atomic mass is 127. The molecule has 10 heteroatoms. The minimum absolute atomic E-state index is 0. The van der Waals surface area contributed by atoms with Gasteiger partial charge in [0.2, 0.25) is 0 Å². The lowest BCUT2D eigenvalue weighted by atomic mass is 10.0. The molecule has 0 radical (unpaired) electrons. The summed E-state index contributed by atoms with van der Waals surface area (Å²) in [5.74, 6) is 1.21. The fraction of sp³-hybridized carbons (Fsp3) is 0.412. The van der Waals surface area contributed by atoms with Gasteiger partial charge >= 0.3 is 6.18 Å². The van der Waals surface area contributed by atoms with Gasteiger partial charge in [-0.1, -0.05) is 17.7 Å². The van der Waals surface area contributed by atoms with Crippen LogP contribution < -0.4 is 15.4 Å². The summed E-state index contributed by atoms with van der Waals surface area (Å²) in [5, 5.41) is 7.53. The Bertz CT molecular complexity index is 780. The summed E-state index contributed by atoms with van der Waals surface area (Å²) in [6, 6.07) is 5.76. The van der Waals surface area contributed by atoms with Crippen LogP contribution in [0.2, 0.25) is 0 Å². The molecule has 2 N–H and O–H groups in total. The predicted octanol–water partition coefficient (Wildman–Crippen LogP) is 4.52. The Morgan fingerprint density at radius 3 is 2.63 bits per heavy atom. The Balaban J connectivity index is 0.00000364. The molecule has 0 aliphatic carbocycles. The number of guanidine groups is 1. The smallest absolute Gasteiger partial charge is 0.434 e. The molecule has 1 aromatic heterocycles. The van der Waals surface area contributed by atoms with E-state index in [0.717, 1.165) is 33.6 Å². The maximum Gasteiger partial charge on any atom is 0.434 e. The molecule has 1 unspecified atom stereocenters. The molecule has 0 amide bonds. The molecule has 0 saturated carbocycles. The van der Waals surface area contributed by atoms with Gasteiger partial charge in [0.1, 0.15) is 10.8 Å². The molecule has 1 aromatic carbocycles. The Kier molecular flexibility index (Phi) is 8.79. The lowest BCUT2D eigenvalue weighted by Crippen LogP contribution is -2.38. The molecular weight excluding hydrogens is 492 g/mol. The number of alkyl halides is 3. The van der Waals surface area contributed by atoms with Gasteiger partial charge in [0.05, 0.1) is 19.7 Å². The number of hydrogen-bond acceptors (Lipinski definition) is 4. The normalized spacial score (nSPS) is 12.9. The van der Waals surface area contributed by atoms with Crippen LogP contribution in [0.4, 0.5) is 13.2 Å². The number of halogens is 4. The van der Waals surface area contributed by atoms with Gasteiger partial charge in [0, 0.05) is 18.0 Å². The summed E-state index contributed by atoms with van der Waals surface area (Å²) in [4.78, 5) is 7.70. The molecule has 2 rings (SSSR count). The summed E-state index contributed by atoms with van der Waals surface area (Å²) >= 11 is 0.956. The number of thiazole rings is 1. The fourth-order valence-corrected chi connectivity index (χ4v) is 3.09. The number of methoxy groups -OCH3 is 1. The molecule has 2 aromatic rings. The first-order valence-corrected chi connectivity index (χ1v) is 8.76. The van der Waals surface area contributed by atoms with Crippen LogP contribution in [-0.4, -0.2) is 25.1 Å². The third kappa shape index (κ3) is 6.52. The molecule has 150 valence electrons. The minimum Gasteiger partial charge on any atom is -0.496 e. The molecule has 0 bridgehead atoms. The monoisotopic (exact) mass is 514 g/mol. The van der Waals surface area contributed by atoms with Crippen molar-refractivity contribution in [2.75, 3.05) is 14.2 Å². The van der Waals surface area contributed by atoms with Gasteiger partial charge in [0.15, 0.2) is 11.7 Å². The van der Waals surface area contributed by atoms with Crippen molar-refractivity contribution in [2.24, 2.45) is 4.99 Å². The molecule has 1 heterocycles. The molecule has 0 spiro atoms. The van der Waals surface area contributed by atoms with E-state index in [1.165, 1.54) is 0 Å². The Hall–Kier alpha value is -1.56. The van der Waals surface area contributed by atoms with Gasteiger partial charge in [0.25, 0.3) is 0 Å². The maximum atomic E-state index is 12.6. The van der Waals surface area contributed by atoms with E-state index in [9.17, 15) is 13.2 Å². The largest absolute Gasteiger partial charge is 0.496 e. The standard InChI is InChI=1S/C17H21F3N4OS.HI/c1-10-5-6-13(25-4)12(7-10)11(2)23-16(21-3)22-8-15-24-14(9-26-15)17(18,19)20;/h5-7,9,11H,8H2,1-4H3,(H2,21,22,23);1H. The summed E-state index contributed by atoms with van der Waals surface area (Å²) in [6.07, 6.45) is -4.43. The Morgan fingerprint density at radius 2 is 2.07 bits per heavy atom. The van der Waals surface area contributed by atoms with Gasteiger partial charge < -0.3 is 15.4 Å². The quantitative estimate of drug-likeness (QED) is 0.350. The zero-order chi connectivity index (χ0) is 19.3. The van der Waals surface area contributed by atoms with Crippen molar-refractivity contribution in [3.8, 4) is 5.75 Å². The zero-order valence-corrected chi connectivity index (χ0v) is 18.5. The van der Waals surface area contributed by atoms with Crippen molar-refractivity contribution in [3.05, 3.63) is 45.4 Å². The van der Waals surface area contributed by atoms with Crippen molar-refractivity contribution in [3.63, 3.8) is 0 Å². The van der Waals surface area contributed by atoms with Gasteiger partial charge in [-0.15, -0.1) is 35.3 Å². The topological polar surface area (TPSA) is 58.5 Å². The average molecular weight is 514 g/mol. The highest BCUT2D eigenvalue weighted by Gasteiger charge is 2.33. The number of nitrogens with zero attached hydrogens (tertiary/aromatic N) is 2. The van der Waals surface area contributed by atoms with Crippen molar-refractivity contribution in [1.82, 2.24) is 15.6 Å². The van der Waals surface area contributed by atoms with Gasteiger partial charge in [-0.05, 0) is 19.9 Å². The lowest BCUT2D eigenvalue weighted by Gasteiger charge is -2.20. The van der Waals surface area contributed by atoms with Crippen molar-refractivity contribution in [2.45, 2.75) is 32.6 Å². The van der Waals surface area contributed by atoms with Crippen molar-refractivity contribution < 1.29 is 17.9 Å². The zero-order valence-electron chi connectivity index (χ0n) is 15.3. The van der Waals surface area contributed by atoms with Gasteiger partial charge in [-0.25, -0.2) is 4.98 Å². The second-order valence-corrected chi connectivity index (χ2v) is 6.60. The van der Waals surface area contributed by atoms with E-state index >= 15 is 0 Å². The second kappa shape index (κ2) is 10.1. The van der Waals surface area contributed by atoms with E-state index in [1.807, 2.05) is 32.0 Å². The summed E-state index contributed by atoms with van der Waals surface area (Å²) < 4.78 is 43.2. The number of aliphatic imine (C=N–C) groups is 1. The first kappa shape index (κ1) is 23.5. The summed E-state index contributed by atoms with van der Waals surface area (Å²) in [6.45, 7) is 4.09. The summed E-state index contributed by atoms with van der Waals surface area (Å²) in [7, 11) is 3.20. The van der Waals surface area contributed by atoms with E-state index in [0.29, 0.717) is 11.0 Å².